The summed E-state index contributed by atoms with van der Waals surface area (Å²) in [6.45, 7) is 5.72. The Morgan fingerprint density at radius 3 is 2.70 bits per heavy atom. The van der Waals surface area contributed by atoms with Gasteiger partial charge in [-0.2, -0.15) is 0 Å². The van der Waals surface area contributed by atoms with Crippen molar-refractivity contribution in [1.82, 2.24) is 4.90 Å². The van der Waals surface area contributed by atoms with E-state index in [0.717, 1.165) is 15.7 Å². The average Bonchev–Trinajstić information content (AvgIpc) is 2.45. The van der Waals surface area contributed by atoms with Gasteiger partial charge in [0.1, 0.15) is 12.1 Å². The molecule has 1 heterocycles. The lowest BCUT2D eigenvalue weighted by atomic mass is 10.2. The maximum atomic E-state index is 12.1. The summed E-state index contributed by atoms with van der Waals surface area (Å²) in [4.78, 5) is 25.4. The number of carbonyl (C=O) groups is 2. The highest BCUT2D eigenvalue weighted by Crippen LogP contribution is 2.25. The van der Waals surface area contributed by atoms with Gasteiger partial charge in [0.05, 0.1) is 6.54 Å². The molecule has 1 aromatic rings. The van der Waals surface area contributed by atoms with E-state index >= 15 is 0 Å². The molecule has 0 saturated carbocycles. The highest BCUT2D eigenvalue weighted by atomic mass is 79.9. The van der Waals surface area contributed by atoms with Crippen LogP contribution >= 0.6 is 15.9 Å². The number of ether oxygens (including phenoxy) is 1. The van der Waals surface area contributed by atoms with Crippen molar-refractivity contribution in [3.8, 4) is 0 Å². The van der Waals surface area contributed by atoms with Gasteiger partial charge in [0.2, 0.25) is 5.91 Å². The summed E-state index contributed by atoms with van der Waals surface area (Å²) in [6.07, 6.45) is -0.486. The topological polar surface area (TPSA) is 58.6 Å². The Labute approximate surface area is 126 Å². The minimum atomic E-state index is -0.583. The molecule has 6 heteroatoms. The third kappa shape index (κ3) is 3.72. The first kappa shape index (κ1) is 14.8. The highest BCUT2D eigenvalue weighted by molar-refractivity contribution is 9.10. The Balaban J connectivity index is 2.24. The van der Waals surface area contributed by atoms with E-state index in [9.17, 15) is 9.59 Å². The van der Waals surface area contributed by atoms with E-state index in [1.807, 2.05) is 18.2 Å². The lowest BCUT2D eigenvalue weighted by Gasteiger charge is -2.25. The van der Waals surface area contributed by atoms with Gasteiger partial charge in [-0.25, -0.2) is 4.79 Å². The number of anilines is 1. The second-order valence-corrected chi connectivity index (χ2v) is 6.60. The van der Waals surface area contributed by atoms with Crippen molar-refractivity contribution in [2.45, 2.75) is 32.9 Å². The van der Waals surface area contributed by atoms with Crippen LogP contribution in [0.15, 0.2) is 22.7 Å². The summed E-state index contributed by atoms with van der Waals surface area (Å²) >= 11 is 3.39. The van der Waals surface area contributed by atoms with Crippen LogP contribution in [0.4, 0.5) is 10.5 Å². The minimum Gasteiger partial charge on any atom is -0.444 e. The zero-order valence-corrected chi connectivity index (χ0v) is 13.3. The summed E-state index contributed by atoms with van der Waals surface area (Å²) in [5.41, 5.74) is 1.01. The maximum absolute atomic E-state index is 12.1. The third-order valence-electron chi connectivity index (χ3n) is 2.69. The van der Waals surface area contributed by atoms with Gasteiger partial charge in [0.15, 0.2) is 0 Å². The molecule has 20 heavy (non-hydrogen) atoms. The van der Waals surface area contributed by atoms with E-state index < -0.39 is 11.7 Å². The molecule has 5 nitrogen and oxygen atoms in total. The standard InChI is InChI=1S/C14H17BrN2O3/c1-14(2,3)20-13(19)17-7-9-6-10(15)4-5-11(9)16-12(18)8-17/h4-6H,7-8H2,1-3H3,(H,16,18). The normalized spacial score (nSPS) is 15.2. The molecule has 2 amide bonds. The molecular formula is C14H17BrN2O3. The van der Waals surface area contributed by atoms with Crippen LogP contribution in [0.5, 0.6) is 0 Å². The van der Waals surface area contributed by atoms with Gasteiger partial charge in [0.25, 0.3) is 0 Å². The zero-order valence-electron chi connectivity index (χ0n) is 11.7. The fraction of sp³-hybridized carbons (Fsp3) is 0.429. The maximum Gasteiger partial charge on any atom is 0.411 e. The van der Waals surface area contributed by atoms with Crippen LogP contribution in [0.3, 0.4) is 0 Å². The van der Waals surface area contributed by atoms with E-state index in [-0.39, 0.29) is 12.5 Å². The number of carbonyl (C=O) groups excluding carboxylic acids is 2. The van der Waals surface area contributed by atoms with Gasteiger partial charge in [0, 0.05) is 10.2 Å². The second-order valence-electron chi connectivity index (χ2n) is 5.69. The van der Waals surface area contributed by atoms with Crippen molar-refractivity contribution in [2.75, 3.05) is 11.9 Å². The fourth-order valence-corrected chi connectivity index (χ4v) is 2.30. The Morgan fingerprint density at radius 1 is 1.35 bits per heavy atom. The number of halogens is 1. The van der Waals surface area contributed by atoms with E-state index in [1.165, 1.54) is 4.90 Å². The van der Waals surface area contributed by atoms with Gasteiger partial charge >= 0.3 is 6.09 Å². The summed E-state index contributed by atoms with van der Waals surface area (Å²) in [5.74, 6) is -0.225. The molecule has 0 fully saturated rings. The number of hydrogen-bond acceptors (Lipinski definition) is 3. The molecule has 0 atom stereocenters. The van der Waals surface area contributed by atoms with Crippen molar-refractivity contribution in [3.63, 3.8) is 0 Å². The van der Waals surface area contributed by atoms with Crippen LogP contribution in [0.1, 0.15) is 26.3 Å². The van der Waals surface area contributed by atoms with Crippen molar-refractivity contribution in [2.24, 2.45) is 0 Å². The molecule has 0 aromatic heterocycles. The van der Waals surface area contributed by atoms with E-state index in [4.69, 9.17) is 4.74 Å². The molecule has 0 spiro atoms. The molecule has 0 radical (unpaired) electrons. The first-order valence-electron chi connectivity index (χ1n) is 6.31. The van der Waals surface area contributed by atoms with Gasteiger partial charge in [-0.3, -0.25) is 9.69 Å². The van der Waals surface area contributed by atoms with Crippen LogP contribution < -0.4 is 5.32 Å². The quantitative estimate of drug-likeness (QED) is 0.789. The van der Waals surface area contributed by atoms with Crippen LogP contribution in [-0.4, -0.2) is 29.0 Å². The molecule has 2 rings (SSSR count). The molecule has 0 saturated heterocycles. The molecule has 1 aliphatic heterocycles. The van der Waals surface area contributed by atoms with Crippen molar-refractivity contribution < 1.29 is 14.3 Å². The summed E-state index contributed by atoms with van der Waals surface area (Å²) in [6, 6.07) is 5.55. The fourth-order valence-electron chi connectivity index (χ4n) is 1.90. The van der Waals surface area contributed by atoms with Gasteiger partial charge in [-0.15, -0.1) is 0 Å². The third-order valence-corrected chi connectivity index (χ3v) is 3.18. The van der Waals surface area contributed by atoms with Crippen molar-refractivity contribution >= 4 is 33.6 Å². The molecule has 0 unspecified atom stereocenters. The Morgan fingerprint density at radius 2 is 2.05 bits per heavy atom. The largest absolute Gasteiger partial charge is 0.444 e. The van der Waals surface area contributed by atoms with Crippen LogP contribution in [0.25, 0.3) is 0 Å². The lowest BCUT2D eigenvalue weighted by molar-refractivity contribution is -0.117. The molecule has 1 N–H and O–H groups in total. The Bertz CT molecular complexity index is 552. The van der Waals surface area contributed by atoms with E-state index in [0.29, 0.717) is 6.54 Å². The van der Waals surface area contributed by atoms with Crippen molar-refractivity contribution in [3.05, 3.63) is 28.2 Å². The molecule has 0 aliphatic carbocycles. The van der Waals surface area contributed by atoms with Gasteiger partial charge in [-0.1, -0.05) is 15.9 Å². The molecule has 1 aromatic carbocycles. The summed E-state index contributed by atoms with van der Waals surface area (Å²) in [7, 11) is 0. The predicted octanol–water partition coefficient (Wildman–Crippen LogP) is 3.14. The monoisotopic (exact) mass is 340 g/mol. The Kier molecular flexibility index (Phi) is 4.04. The van der Waals surface area contributed by atoms with Gasteiger partial charge < -0.3 is 10.1 Å². The number of fused-ring (bicyclic) bond motifs is 1. The second kappa shape index (κ2) is 5.44. The van der Waals surface area contributed by atoms with Crippen molar-refractivity contribution in [1.29, 1.82) is 0 Å². The molecule has 1 aliphatic rings. The van der Waals surface area contributed by atoms with Crippen LogP contribution in [-0.2, 0) is 16.1 Å². The van der Waals surface area contributed by atoms with E-state index in [1.54, 1.807) is 20.8 Å². The number of hydrogen-bond donors (Lipinski definition) is 1. The smallest absolute Gasteiger partial charge is 0.411 e. The number of nitrogens with zero attached hydrogens (tertiary/aromatic N) is 1. The number of rotatable bonds is 0. The SMILES string of the molecule is CC(C)(C)OC(=O)N1CC(=O)Nc2ccc(Br)cc2C1. The molecule has 0 bridgehead atoms. The summed E-state index contributed by atoms with van der Waals surface area (Å²) in [5, 5.41) is 2.79. The van der Waals surface area contributed by atoms with Gasteiger partial charge in [-0.05, 0) is 44.5 Å². The zero-order chi connectivity index (χ0) is 14.9. The number of amides is 2. The summed E-state index contributed by atoms with van der Waals surface area (Å²) < 4.78 is 6.22. The van der Waals surface area contributed by atoms with Crippen LogP contribution in [0.2, 0.25) is 0 Å². The first-order valence-corrected chi connectivity index (χ1v) is 7.10. The minimum absolute atomic E-state index is 0.0127. The number of nitrogens with one attached hydrogen (secondary N) is 1. The lowest BCUT2D eigenvalue weighted by Crippen LogP contribution is -2.39. The predicted molar refractivity (Wildman–Crippen MR) is 79.4 cm³/mol. The average molecular weight is 341 g/mol. The number of benzene rings is 1. The van der Waals surface area contributed by atoms with Crippen LogP contribution in [0, 0.1) is 0 Å². The molecule has 108 valence electrons. The highest BCUT2D eigenvalue weighted by Gasteiger charge is 2.27. The van der Waals surface area contributed by atoms with E-state index in [2.05, 4.69) is 21.2 Å². The Hall–Kier alpha value is -1.56. The first-order chi connectivity index (χ1) is 9.24. The molecular weight excluding hydrogens is 324 g/mol.